The maximum absolute atomic E-state index is 10.7. The van der Waals surface area contributed by atoms with Gasteiger partial charge in [-0.15, -0.1) is 0 Å². The van der Waals surface area contributed by atoms with E-state index >= 15 is 0 Å². The molecule has 0 fully saturated rings. The Kier molecular flexibility index (Phi) is 2.89. The molecule has 0 saturated heterocycles. The number of aromatic nitrogens is 2. The van der Waals surface area contributed by atoms with Crippen molar-refractivity contribution in [3.63, 3.8) is 0 Å². The van der Waals surface area contributed by atoms with Gasteiger partial charge in [-0.05, 0) is 49.8 Å². The number of hydrogen-bond acceptors (Lipinski definition) is 4. The van der Waals surface area contributed by atoms with Crippen molar-refractivity contribution >= 4 is 5.57 Å². The van der Waals surface area contributed by atoms with Crippen LogP contribution in [0.2, 0.25) is 0 Å². The molecule has 1 aromatic heterocycles. The molecule has 1 aromatic rings. The average Bonchev–Trinajstić information content (AvgIpc) is 2.87. The van der Waals surface area contributed by atoms with Crippen molar-refractivity contribution in [1.82, 2.24) is 9.97 Å². The highest BCUT2D eigenvalue weighted by Gasteiger charge is 2.21. The minimum atomic E-state index is -0.317. The van der Waals surface area contributed by atoms with Gasteiger partial charge >= 0.3 is 0 Å². The largest absolute Gasteiger partial charge is 0.259 e. The van der Waals surface area contributed by atoms with Gasteiger partial charge in [0.15, 0.2) is 5.82 Å². The van der Waals surface area contributed by atoms with Gasteiger partial charge in [0.1, 0.15) is 0 Å². The number of hydrogen-bond donors (Lipinski definition) is 0. The zero-order valence-electron chi connectivity index (χ0n) is 10.8. The van der Waals surface area contributed by atoms with Gasteiger partial charge in [0.2, 0.25) is 5.70 Å². The summed E-state index contributed by atoms with van der Waals surface area (Å²) in [5, 5.41) is 10.7. The molecule has 1 heterocycles. The van der Waals surface area contributed by atoms with Crippen LogP contribution in [0.3, 0.4) is 0 Å². The van der Waals surface area contributed by atoms with Crippen molar-refractivity contribution < 1.29 is 4.92 Å². The number of fused-ring (bicyclic) bond motifs is 1. The normalized spacial score (nSPS) is 17.7. The van der Waals surface area contributed by atoms with Crippen LogP contribution in [-0.2, 0) is 12.8 Å². The molecule has 2 aliphatic carbocycles. The topological polar surface area (TPSA) is 68.9 Å². The molecule has 0 aromatic carbocycles. The molecule has 98 valence electrons. The molecule has 0 N–H and O–H groups in total. The fourth-order valence-corrected chi connectivity index (χ4v) is 2.73. The van der Waals surface area contributed by atoms with Crippen LogP contribution >= 0.6 is 0 Å². The monoisotopic (exact) mass is 257 g/mol. The van der Waals surface area contributed by atoms with Gasteiger partial charge in [-0.3, -0.25) is 10.1 Å². The summed E-state index contributed by atoms with van der Waals surface area (Å²) in [5.41, 5.74) is 4.78. The highest BCUT2D eigenvalue weighted by molar-refractivity contribution is 5.64. The molecule has 0 aliphatic heterocycles. The quantitative estimate of drug-likeness (QED) is 0.603. The molecule has 2 aliphatic rings. The number of rotatable bonds is 2. The molecule has 5 heteroatoms. The molecular weight excluding hydrogens is 242 g/mol. The van der Waals surface area contributed by atoms with Crippen LogP contribution in [0.15, 0.2) is 17.8 Å². The van der Waals surface area contributed by atoms with E-state index < -0.39 is 0 Å². The number of allylic oxidation sites excluding steroid dienone is 4. The molecular formula is C14H15N3O2. The van der Waals surface area contributed by atoms with Crippen molar-refractivity contribution in [1.29, 1.82) is 0 Å². The first kappa shape index (κ1) is 12.0. The second-order valence-electron chi connectivity index (χ2n) is 5.02. The van der Waals surface area contributed by atoms with Crippen LogP contribution in [-0.4, -0.2) is 14.9 Å². The fraction of sp³-hybridized carbons (Fsp3) is 0.429. The maximum atomic E-state index is 10.7. The number of nitro groups is 1. The lowest BCUT2D eigenvalue weighted by Crippen LogP contribution is -2.07. The van der Waals surface area contributed by atoms with E-state index in [0.717, 1.165) is 42.0 Å². The number of nitrogens with zero attached hydrogens (tertiary/aromatic N) is 3. The summed E-state index contributed by atoms with van der Waals surface area (Å²) in [5.74, 6) is 0.747. The SMILES string of the molecule is Cc1nc(C2=CC=C([N+](=O)[O-])CC2)nc2c1CCC2. The second kappa shape index (κ2) is 4.57. The molecule has 0 bridgehead atoms. The average molecular weight is 257 g/mol. The Morgan fingerprint density at radius 3 is 2.68 bits per heavy atom. The first-order chi connectivity index (χ1) is 9.15. The highest BCUT2D eigenvalue weighted by Crippen LogP contribution is 2.28. The first-order valence-electron chi connectivity index (χ1n) is 6.56. The van der Waals surface area contributed by atoms with Crippen molar-refractivity contribution in [2.45, 2.75) is 39.0 Å². The van der Waals surface area contributed by atoms with E-state index in [1.807, 2.05) is 6.92 Å². The molecule has 0 radical (unpaired) electrons. The van der Waals surface area contributed by atoms with Crippen molar-refractivity contribution in [2.24, 2.45) is 0 Å². The Balaban J connectivity index is 1.96. The van der Waals surface area contributed by atoms with Gasteiger partial charge in [0, 0.05) is 23.9 Å². The predicted molar refractivity (Wildman–Crippen MR) is 71.1 cm³/mol. The predicted octanol–water partition coefficient (Wildman–Crippen LogP) is 2.61. The van der Waals surface area contributed by atoms with E-state index in [1.165, 1.54) is 5.56 Å². The standard InChI is InChI=1S/C14H15N3O2/c1-9-12-3-2-4-13(12)16-14(15-9)10-5-7-11(8-6-10)17(18)19/h5,7H,2-4,6,8H2,1H3. The fourth-order valence-electron chi connectivity index (χ4n) is 2.73. The van der Waals surface area contributed by atoms with Crippen LogP contribution in [0.25, 0.3) is 5.57 Å². The minimum absolute atomic E-state index is 0.265. The van der Waals surface area contributed by atoms with E-state index in [4.69, 9.17) is 0 Å². The smallest absolute Gasteiger partial charge is 0.246 e. The second-order valence-corrected chi connectivity index (χ2v) is 5.02. The number of aryl methyl sites for hydroxylation is 2. The molecule has 0 amide bonds. The third-order valence-corrected chi connectivity index (χ3v) is 3.79. The summed E-state index contributed by atoms with van der Waals surface area (Å²) in [4.78, 5) is 19.6. The van der Waals surface area contributed by atoms with Crippen molar-refractivity contribution in [3.05, 3.63) is 50.7 Å². The van der Waals surface area contributed by atoms with Crippen LogP contribution in [0.4, 0.5) is 0 Å². The van der Waals surface area contributed by atoms with E-state index in [-0.39, 0.29) is 10.6 Å². The summed E-state index contributed by atoms with van der Waals surface area (Å²) in [6.07, 6.45) is 7.71. The van der Waals surface area contributed by atoms with E-state index in [9.17, 15) is 10.1 Å². The minimum Gasteiger partial charge on any atom is -0.259 e. The highest BCUT2D eigenvalue weighted by atomic mass is 16.6. The van der Waals surface area contributed by atoms with Crippen LogP contribution in [0, 0.1) is 17.0 Å². The third kappa shape index (κ3) is 2.16. The van der Waals surface area contributed by atoms with E-state index in [0.29, 0.717) is 12.8 Å². The van der Waals surface area contributed by atoms with E-state index in [1.54, 1.807) is 12.2 Å². The van der Waals surface area contributed by atoms with Crippen molar-refractivity contribution in [2.75, 3.05) is 0 Å². The van der Waals surface area contributed by atoms with Gasteiger partial charge in [-0.25, -0.2) is 9.97 Å². The Labute approximate surface area is 111 Å². The van der Waals surface area contributed by atoms with Crippen LogP contribution < -0.4 is 0 Å². The lowest BCUT2D eigenvalue weighted by Gasteiger charge is -2.11. The van der Waals surface area contributed by atoms with Gasteiger partial charge in [0.05, 0.1) is 4.92 Å². The molecule has 0 unspecified atom stereocenters. The first-order valence-corrected chi connectivity index (χ1v) is 6.56. The molecule has 3 rings (SSSR count). The van der Waals surface area contributed by atoms with Crippen molar-refractivity contribution in [3.8, 4) is 0 Å². The summed E-state index contributed by atoms with van der Waals surface area (Å²) >= 11 is 0. The van der Waals surface area contributed by atoms with Gasteiger partial charge < -0.3 is 0 Å². The lowest BCUT2D eigenvalue weighted by atomic mass is 10.0. The van der Waals surface area contributed by atoms with Crippen LogP contribution in [0.5, 0.6) is 0 Å². The molecule has 5 nitrogen and oxygen atoms in total. The Morgan fingerprint density at radius 2 is 2.00 bits per heavy atom. The Bertz CT molecular complexity index is 617. The molecule has 0 spiro atoms. The lowest BCUT2D eigenvalue weighted by molar-refractivity contribution is -0.427. The summed E-state index contributed by atoms with van der Waals surface area (Å²) < 4.78 is 0. The summed E-state index contributed by atoms with van der Waals surface area (Å²) in [7, 11) is 0. The zero-order chi connectivity index (χ0) is 13.4. The Hall–Kier alpha value is -2.04. The van der Waals surface area contributed by atoms with Gasteiger partial charge in [0.25, 0.3) is 0 Å². The van der Waals surface area contributed by atoms with Gasteiger partial charge in [-0.1, -0.05) is 0 Å². The third-order valence-electron chi connectivity index (χ3n) is 3.79. The van der Waals surface area contributed by atoms with E-state index in [2.05, 4.69) is 9.97 Å². The van der Waals surface area contributed by atoms with Crippen LogP contribution in [0.1, 0.15) is 42.0 Å². The molecule has 0 atom stereocenters. The Morgan fingerprint density at radius 1 is 1.16 bits per heavy atom. The van der Waals surface area contributed by atoms with Gasteiger partial charge in [-0.2, -0.15) is 0 Å². The maximum Gasteiger partial charge on any atom is 0.246 e. The molecule has 19 heavy (non-hydrogen) atoms. The summed E-state index contributed by atoms with van der Waals surface area (Å²) in [6.45, 7) is 2.02. The summed E-state index contributed by atoms with van der Waals surface area (Å²) in [6, 6.07) is 0. The zero-order valence-corrected chi connectivity index (χ0v) is 10.8. The molecule has 0 saturated carbocycles.